The van der Waals surface area contributed by atoms with Gasteiger partial charge in [0, 0.05) is 5.56 Å². The Bertz CT molecular complexity index is 1010. The number of carbonyl (C=O) groups excluding carboxylic acids is 1. The number of benzene rings is 2. The summed E-state index contributed by atoms with van der Waals surface area (Å²) in [5, 5.41) is 11.5. The van der Waals surface area contributed by atoms with Crippen LogP contribution in [0.2, 0.25) is 0 Å². The number of para-hydroxylation sites is 2. The molecule has 0 fully saturated rings. The van der Waals surface area contributed by atoms with E-state index in [-0.39, 0.29) is 17.8 Å². The number of hydrogen-bond donors (Lipinski definition) is 2. The molecule has 0 unspecified atom stereocenters. The van der Waals surface area contributed by atoms with Gasteiger partial charge in [0.2, 0.25) is 11.1 Å². The molecule has 0 saturated heterocycles. The van der Waals surface area contributed by atoms with Crippen LogP contribution in [-0.4, -0.2) is 45.8 Å². The molecule has 2 heterocycles. The maximum atomic E-state index is 12.2. The van der Waals surface area contributed by atoms with Gasteiger partial charge in [-0.15, -0.1) is 10.2 Å². The third-order valence-electron chi connectivity index (χ3n) is 4.40. The van der Waals surface area contributed by atoms with Gasteiger partial charge >= 0.3 is 0 Å². The quantitative estimate of drug-likeness (QED) is 0.472. The second-order valence-corrected chi connectivity index (χ2v) is 7.58. The summed E-state index contributed by atoms with van der Waals surface area (Å²) < 4.78 is 12.9. The van der Waals surface area contributed by atoms with Crippen molar-refractivity contribution in [2.45, 2.75) is 18.2 Å². The zero-order chi connectivity index (χ0) is 20.2. The minimum Gasteiger partial charge on any atom is -0.486 e. The molecule has 2 aromatic carbocycles. The first-order chi connectivity index (χ1) is 14.1. The molecule has 9 heteroatoms. The lowest BCUT2D eigenvalue weighted by Gasteiger charge is -2.26. The Morgan fingerprint density at radius 3 is 2.76 bits per heavy atom. The molecular weight excluding hydrogens is 390 g/mol. The number of rotatable bonds is 6. The molecule has 0 saturated carbocycles. The van der Waals surface area contributed by atoms with Crippen LogP contribution in [0.15, 0.2) is 53.7 Å². The largest absolute Gasteiger partial charge is 0.486 e. The van der Waals surface area contributed by atoms with E-state index in [9.17, 15) is 4.79 Å². The summed E-state index contributed by atoms with van der Waals surface area (Å²) in [4.78, 5) is 12.2. The van der Waals surface area contributed by atoms with E-state index in [1.54, 1.807) is 0 Å². The Hall–Kier alpha value is -3.20. The normalized spacial score (nSPS) is 15.1. The highest BCUT2D eigenvalue weighted by atomic mass is 32.2. The molecule has 0 bridgehead atoms. The number of fused-ring (bicyclic) bond motifs is 1. The first-order valence-corrected chi connectivity index (χ1v) is 10.1. The van der Waals surface area contributed by atoms with Crippen LogP contribution in [0, 0.1) is 6.92 Å². The van der Waals surface area contributed by atoms with Crippen molar-refractivity contribution in [3.63, 3.8) is 0 Å². The highest BCUT2D eigenvalue weighted by molar-refractivity contribution is 7.99. The summed E-state index contributed by atoms with van der Waals surface area (Å²) in [6, 6.07) is 15.3. The van der Waals surface area contributed by atoms with Crippen molar-refractivity contribution >= 4 is 17.7 Å². The number of thioether (sulfide) groups is 1. The molecule has 1 aromatic heterocycles. The van der Waals surface area contributed by atoms with Crippen LogP contribution < -0.4 is 20.6 Å². The number of ether oxygens (including phenoxy) is 2. The predicted octanol–water partition coefficient (Wildman–Crippen LogP) is 2.02. The van der Waals surface area contributed by atoms with Crippen LogP contribution in [-0.2, 0) is 4.79 Å². The molecule has 1 atom stereocenters. The van der Waals surface area contributed by atoms with Crippen molar-refractivity contribution in [3.05, 3.63) is 54.1 Å². The van der Waals surface area contributed by atoms with Gasteiger partial charge in [-0.05, 0) is 19.1 Å². The number of nitrogen functional groups attached to an aromatic ring is 1. The zero-order valence-corrected chi connectivity index (χ0v) is 16.7. The molecule has 3 N–H and O–H groups in total. The van der Waals surface area contributed by atoms with Crippen LogP contribution in [0.5, 0.6) is 11.5 Å². The van der Waals surface area contributed by atoms with E-state index < -0.39 is 0 Å². The summed E-state index contributed by atoms with van der Waals surface area (Å²) in [5.41, 5.74) is 2.02. The Morgan fingerprint density at radius 1 is 1.21 bits per heavy atom. The molecule has 29 heavy (non-hydrogen) atoms. The fourth-order valence-corrected chi connectivity index (χ4v) is 3.53. The predicted molar refractivity (Wildman–Crippen MR) is 110 cm³/mol. The van der Waals surface area contributed by atoms with Gasteiger partial charge in [-0.1, -0.05) is 53.7 Å². The third-order valence-corrected chi connectivity index (χ3v) is 5.34. The van der Waals surface area contributed by atoms with Crippen molar-refractivity contribution in [3.8, 4) is 22.9 Å². The average molecular weight is 411 g/mol. The number of amides is 1. The number of nitrogens with one attached hydrogen (secondary N) is 1. The van der Waals surface area contributed by atoms with Crippen LogP contribution >= 0.6 is 11.8 Å². The molecular formula is C20H21N5O3S. The van der Waals surface area contributed by atoms with Crippen LogP contribution in [0.4, 0.5) is 0 Å². The molecule has 1 aliphatic heterocycles. The van der Waals surface area contributed by atoms with E-state index in [0.29, 0.717) is 29.9 Å². The smallest absolute Gasteiger partial charge is 0.230 e. The van der Waals surface area contributed by atoms with Gasteiger partial charge in [0.05, 0.1) is 12.3 Å². The van der Waals surface area contributed by atoms with Gasteiger partial charge < -0.3 is 20.6 Å². The summed E-state index contributed by atoms with van der Waals surface area (Å²) in [6.45, 7) is 2.76. The van der Waals surface area contributed by atoms with Gasteiger partial charge in [0.25, 0.3) is 0 Å². The maximum absolute atomic E-state index is 12.2. The first-order valence-electron chi connectivity index (χ1n) is 9.15. The fraction of sp³-hybridized carbons (Fsp3) is 0.250. The van der Waals surface area contributed by atoms with Gasteiger partial charge in [0.1, 0.15) is 12.7 Å². The Kier molecular flexibility index (Phi) is 5.57. The summed E-state index contributed by atoms with van der Waals surface area (Å²) in [5.74, 6) is 8.09. The van der Waals surface area contributed by atoms with Crippen molar-refractivity contribution in [1.82, 2.24) is 20.2 Å². The van der Waals surface area contributed by atoms with Crippen molar-refractivity contribution in [2.24, 2.45) is 0 Å². The Balaban J connectivity index is 1.28. The molecule has 3 aromatic rings. The highest BCUT2D eigenvalue weighted by Crippen LogP contribution is 2.30. The lowest BCUT2D eigenvalue weighted by atomic mass is 10.1. The molecule has 0 radical (unpaired) electrons. The van der Waals surface area contributed by atoms with Gasteiger partial charge in [-0.25, -0.2) is 4.68 Å². The van der Waals surface area contributed by atoms with Gasteiger partial charge in [-0.2, -0.15) is 0 Å². The van der Waals surface area contributed by atoms with Crippen LogP contribution in [0.3, 0.4) is 0 Å². The topological polar surface area (TPSA) is 104 Å². The monoisotopic (exact) mass is 411 g/mol. The third kappa shape index (κ3) is 4.45. The van der Waals surface area contributed by atoms with E-state index in [1.807, 2.05) is 55.5 Å². The minimum atomic E-state index is -0.231. The first kappa shape index (κ1) is 19.1. The van der Waals surface area contributed by atoms with E-state index in [1.165, 1.54) is 16.4 Å². The van der Waals surface area contributed by atoms with Crippen LogP contribution in [0.1, 0.15) is 5.56 Å². The second kappa shape index (κ2) is 8.44. The number of carbonyl (C=O) groups is 1. The summed E-state index contributed by atoms with van der Waals surface area (Å²) in [6.07, 6.45) is -0.231. The summed E-state index contributed by atoms with van der Waals surface area (Å²) >= 11 is 1.23. The standard InChI is InChI=1S/C20H21N5O3S/c1-13-6-8-14(9-7-13)19-23-24-20(25(19)21)29-12-18(26)22-10-15-11-27-16-4-2-3-5-17(16)28-15/h2-9,15H,10-12,21H2,1H3,(H,22,26)/t15-/m1/s1. The molecule has 4 rings (SSSR count). The molecule has 150 valence electrons. The Morgan fingerprint density at radius 2 is 1.97 bits per heavy atom. The number of aromatic nitrogens is 3. The number of aryl methyl sites for hydroxylation is 1. The number of hydrogen-bond acceptors (Lipinski definition) is 7. The SMILES string of the molecule is Cc1ccc(-c2nnc(SCC(=O)NC[C@@H]3COc4ccccc4O3)n2N)cc1. The highest BCUT2D eigenvalue weighted by Gasteiger charge is 2.21. The number of nitrogens with two attached hydrogens (primary N) is 1. The second-order valence-electron chi connectivity index (χ2n) is 6.63. The molecule has 1 aliphatic rings. The molecule has 1 amide bonds. The van der Waals surface area contributed by atoms with Gasteiger partial charge in [-0.3, -0.25) is 4.79 Å². The van der Waals surface area contributed by atoms with E-state index in [2.05, 4.69) is 15.5 Å². The number of nitrogens with zero attached hydrogens (tertiary/aromatic N) is 3. The minimum absolute atomic E-state index is 0.141. The van der Waals surface area contributed by atoms with Crippen molar-refractivity contribution in [2.75, 3.05) is 24.7 Å². The average Bonchev–Trinajstić information content (AvgIpc) is 3.11. The van der Waals surface area contributed by atoms with E-state index in [0.717, 1.165) is 16.9 Å². The molecule has 0 aliphatic carbocycles. The molecule has 8 nitrogen and oxygen atoms in total. The zero-order valence-electron chi connectivity index (χ0n) is 15.9. The van der Waals surface area contributed by atoms with Crippen LogP contribution in [0.25, 0.3) is 11.4 Å². The maximum Gasteiger partial charge on any atom is 0.230 e. The Labute approximate surface area is 172 Å². The lowest BCUT2D eigenvalue weighted by molar-refractivity contribution is -0.119. The summed E-state index contributed by atoms with van der Waals surface area (Å²) in [7, 11) is 0. The van der Waals surface area contributed by atoms with Crippen molar-refractivity contribution in [1.29, 1.82) is 0 Å². The van der Waals surface area contributed by atoms with Crippen molar-refractivity contribution < 1.29 is 14.3 Å². The van der Waals surface area contributed by atoms with E-state index >= 15 is 0 Å². The lowest BCUT2D eigenvalue weighted by Crippen LogP contribution is -2.41. The fourth-order valence-electron chi connectivity index (χ4n) is 2.85. The van der Waals surface area contributed by atoms with E-state index in [4.69, 9.17) is 15.3 Å². The molecule has 0 spiro atoms. The van der Waals surface area contributed by atoms with Gasteiger partial charge in [0.15, 0.2) is 17.3 Å².